The molecule has 0 aromatic rings. The molecule has 0 aromatic heterocycles. The molecule has 3 nitrogen and oxygen atoms in total. The number of halogens is 1. The highest BCUT2D eigenvalue weighted by Crippen LogP contribution is 2.32. The second-order valence-electron chi connectivity index (χ2n) is 6.42. The summed E-state index contributed by atoms with van der Waals surface area (Å²) in [4.78, 5) is 11.8. The lowest BCUT2D eigenvalue weighted by Crippen LogP contribution is -2.33. The summed E-state index contributed by atoms with van der Waals surface area (Å²) < 4.78 is 5.52. The van der Waals surface area contributed by atoms with Gasteiger partial charge < -0.3 is 10.5 Å². The van der Waals surface area contributed by atoms with Gasteiger partial charge in [0.25, 0.3) is 0 Å². The van der Waals surface area contributed by atoms with Gasteiger partial charge in [-0.1, -0.05) is 32.6 Å². The highest BCUT2D eigenvalue weighted by Gasteiger charge is 2.34. The Hall–Kier alpha value is -0.280. The third-order valence-electron chi connectivity index (χ3n) is 4.90. The summed E-state index contributed by atoms with van der Waals surface area (Å²) in [7, 11) is 0. The van der Waals surface area contributed by atoms with Gasteiger partial charge in [-0.15, -0.1) is 12.4 Å². The first-order chi connectivity index (χ1) is 9.20. The molecular formula is C16H30ClNO2. The molecule has 0 amide bonds. The van der Waals surface area contributed by atoms with Crippen molar-refractivity contribution < 1.29 is 9.53 Å². The van der Waals surface area contributed by atoms with Crippen LogP contribution in [-0.2, 0) is 9.53 Å². The Labute approximate surface area is 129 Å². The van der Waals surface area contributed by atoms with Crippen LogP contribution in [0.25, 0.3) is 0 Å². The molecule has 2 aliphatic rings. The molecular weight excluding hydrogens is 274 g/mol. The van der Waals surface area contributed by atoms with Crippen molar-refractivity contribution in [3.63, 3.8) is 0 Å². The summed E-state index contributed by atoms with van der Waals surface area (Å²) in [5, 5.41) is 0. The highest BCUT2D eigenvalue weighted by molar-refractivity contribution is 5.85. The van der Waals surface area contributed by atoms with Crippen molar-refractivity contribution >= 4 is 18.4 Å². The summed E-state index contributed by atoms with van der Waals surface area (Å²) in [6.07, 6.45) is 11.6. The average Bonchev–Trinajstić information content (AvgIpc) is 2.76. The van der Waals surface area contributed by atoms with E-state index >= 15 is 0 Å². The Balaban J connectivity index is 0.00000200. The lowest BCUT2D eigenvalue weighted by Gasteiger charge is -2.29. The summed E-state index contributed by atoms with van der Waals surface area (Å²) >= 11 is 0. The van der Waals surface area contributed by atoms with Gasteiger partial charge in [-0.3, -0.25) is 4.79 Å². The van der Waals surface area contributed by atoms with Gasteiger partial charge in [-0.05, 0) is 44.4 Å². The van der Waals surface area contributed by atoms with Crippen molar-refractivity contribution in [2.45, 2.75) is 83.3 Å². The average molecular weight is 304 g/mol. The fourth-order valence-electron chi connectivity index (χ4n) is 3.58. The van der Waals surface area contributed by atoms with Crippen LogP contribution in [0.15, 0.2) is 0 Å². The number of rotatable bonds is 6. The van der Waals surface area contributed by atoms with Crippen molar-refractivity contribution in [3.05, 3.63) is 0 Å². The molecule has 0 spiro atoms. The maximum absolute atomic E-state index is 11.8. The molecule has 4 atom stereocenters. The molecule has 1 saturated heterocycles. The maximum Gasteiger partial charge on any atom is 0.309 e. The third kappa shape index (κ3) is 4.92. The number of carbonyl (C=O) groups excluding carboxylic acids is 1. The molecule has 0 bridgehead atoms. The van der Waals surface area contributed by atoms with Crippen molar-refractivity contribution in [1.82, 2.24) is 0 Å². The van der Waals surface area contributed by atoms with Crippen LogP contribution in [0.3, 0.4) is 0 Å². The van der Waals surface area contributed by atoms with Gasteiger partial charge in [0.2, 0.25) is 0 Å². The van der Waals surface area contributed by atoms with E-state index in [0.29, 0.717) is 12.0 Å². The minimum absolute atomic E-state index is 0. The van der Waals surface area contributed by atoms with Crippen molar-refractivity contribution in [1.29, 1.82) is 0 Å². The first-order valence-electron chi connectivity index (χ1n) is 8.16. The molecule has 2 fully saturated rings. The molecule has 1 aliphatic carbocycles. The van der Waals surface area contributed by atoms with E-state index in [4.69, 9.17) is 10.5 Å². The fourth-order valence-corrected chi connectivity index (χ4v) is 3.58. The Morgan fingerprint density at radius 2 is 1.95 bits per heavy atom. The van der Waals surface area contributed by atoms with Gasteiger partial charge in [0.1, 0.15) is 6.10 Å². The van der Waals surface area contributed by atoms with E-state index in [0.717, 1.165) is 38.5 Å². The molecule has 1 heterocycles. The third-order valence-corrected chi connectivity index (χ3v) is 4.90. The zero-order valence-corrected chi connectivity index (χ0v) is 13.5. The Bertz CT molecular complexity index is 298. The first kappa shape index (κ1) is 17.8. The second-order valence-corrected chi connectivity index (χ2v) is 6.42. The zero-order chi connectivity index (χ0) is 13.7. The van der Waals surface area contributed by atoms with E-state index in [-0.39, 0.29) is 30.4 Å². The number of carbonyl (C=O) groups is 1. The Kier molecular flexibility index (Phi) is 7.90. The maximum atomic E-state index is 11.8. The van der Waals surface area contributed by atoms with E-state index in [1.54, 1.807) is 0 Å². The lowest BCUT2D eigenvalue weighted by molar-refractivity contribution is -0.144. The van der Waals surface area contributed by atoms with Crippen molar-refractivity contribution in [2.24, 2.45) is 17.6 Å². The van der Waals surface area contributed by atoms with Gasteiger partial charge in [-0.2, -0.15) is 0 Å². The van der Waals surface area contributed by atoms with Crippen LogP contribution in [0.4, 0.5) is 0 Å². The second kappa shape index (κ2) is 8.89. The van der Waals surface area contributed by atoms with Crippen LogP contribution >= 0.6 is 12.4 Å². The first-order valence-corrected chi connectivity index (χ1v) is 8.16. The van der Waals surface area contributed by atoms with Gasteiger partial charge in [0, 0.05) is 6.04 Å². The molecule has 1 aliphatic heterocycles. The smallest absolute Gasteiger partial charge is 0.309 e. The van der Waals surface area contributed by atoms with Crippen LogP contribution in [-0.4, -0.2) is 18.1 Å². The largest absolute Gasteiger partial charge is 0.462 e. The van der Waals surface area contributed by atoms with Crippen LogP contribution in [0, 0.1) is 11.8 Å². The molecule has 4 heteroatoms. The van der Waals surface area contributed by atoms with Gasteiger partial charge >= 0.3 is 5.97 Å². The minimum atomic E-state index is 0. The molecule has 1 saturated carbocycles. The lowest BCUT2D eigenvalue weighted by atomic mass is 9.81. The number of nitrogens with two attached hydrogens (primary N) is 1. The van der Waals surface area contributed by atoms with Crippen molar-refractivity contribution in [3.8, 4) is 0 Å². The molecule has 0 aromatic carbocycles. The van der Waals surface area contributed by atoms with Gasteiger partial charge in [0.15, 0.2) is 0 Å². The number of hydrogen-bond donors (Lipinski definition) is 1. The Morgan fingerprint density at radius 3 is 2.65 bits per heavy atom. The molecule has 118 valence electrons. The molecule has 2 unspecified atom stereocenters. The predicted molar refractivity (Wildman–Crippen MR) is 83.9 cm³/mol. The quantitative estimate of drug-likeness (QED) is 0.759. The molecule has 2 rings (SSSR count). The van der Waals surface area contributed by atoms with E-state index in [1.807, 2.05) is 0 Å². The van der Waals surface area contributed by atoms with E-state index in [2.05, 4.69) is 6.92 Å². The molecule has 20 heavy (non-hydrogen) atoms. The van der Waals surface area contributed by atoms with Crippen LogP contribution in [0.1, 0.15) is 71.1 Å². The van der Waals surface area contributed by atoms with Crippen molar-refractivity contribution in [2.75, 3.05) is 0 Å². The summed E-state index contributed by atoms with van der Waals surface area (Å²) in [5.74, 6) is 0.874. The zero-order valence-electron chi connectivity index (χ0n) is 12.7. The minimum Gasteiger partial charge on any atom is -0.462 e. The van der Waals surface area contributed by atoms with Crippen LogP contribution in [0.5, 0.6) is 0 Å². The summed E-state index contributed by atoms with van der Waals surface area (Å²) in [6.45, 7) is 2.17. The SMILES string of the molecule is CCCC[C@@H]1C[C@H](CCC2CCCCC2N)OC1=O.Cl. The molecule has 0 radical (unpaired) electrons. The highest BCUT2D eigenvalue weighted by atomic mass is 35.5. The topological polar surface area (TPSA) is 52.3 Å². The van der Waals surface area contributed by atoms with E-state index in [9.17, 15) is 4.79 Å². The summed E-state index contributed by atoms with van der Waals surface area (Å²) in [5.41, 5.74) is 6.18. The number of ether oxygens (including phenoxy) is 1. The number of cyclic esters (lactones) is 1. The van der Waals surface area contributed by atoms with Gasteiger partial charge in [0.05, 0.1) is 5.92 Å². The van der Waals surface area contributed by atoms with Gasteiger partial charge in [-0.25, -0.2) is 0 Å². The van der Waals surface area contributed by atoms with Crippen LogP contribution in [0.2, 0.25) is 0 Å². The number of hydrogen-bond acceptors (Lipinski definition) is 3. The predicted octanol–water partition coefficient (Wildman–Crippen LogP) is 3.83. The normalized spacial score (nSPS) is 33.6. The number of unbranched alkanes of at least 4 members (excludes halogenated alkanes) is 1. The van der Waals surface area contributed by atoms with E-state index in [1.165, 1.54) is 25.7 Å². The monoisotopic (exact) mass is 303 g/mol. The van der Waals surface area contributed by atoms with E-state index < -0.39 is 0 Å². The standard InChI is InChI=1S/C16H29NO2.ClH/c1-2-3-6-13-11-14(19-16(13)18)10-9-12-7-4-5-8-15(12)17;/h12-15H,2-11,17H2,1H3;1H/t12?,13-,14+,15?;/m1./s1. The Morgan fingerprint density at radius 1 is 1.20 bits per heavy atom. The molecule has 2 N–H and O–H groups in total. The number of esters is 1. The van der Waals surface area contributed by atoms with Crippen LogP contribution < -0.4 is 5.73 Å². The summed E-state index contributed by atoms with van der Waals surface area (Å²) in [6, 6.07) is 0.377. The fraction of sp³-hybridized carbons (Fsp3) is 0.938.